The van der Waals surface area contributed by atoms with E-state index in [1.165, 1.54) is 6.08 Å². The van der Waals surface area contributed by atoms with Gasteiger partial charge in [-0.15, -0.1) is 0 Å². The van der Waals surface area contributed by atoms with Crippen molar-refractivity contribution in [2.24, 2.45) is 0 Å². The van der Waals surface area contributed by atoms with Crippen molar-refractivity contribution in [2.75, 3.05) is 25.6 Å². The predicted molar refractivity (Wildman–Crippen MR) is 125 cm³/mol. The number of hydrogen-bond donors (Lipinski definition) is 2. The van der Waals surface area contributed by atoms with E-state index in [1.807, 2.05) is 36.4 Å². The van der Waals surface area contributed by atoms with E-state index in [4.69, 9.17) is 14.2 Å². The Bertz CT molecular complexity index is 1130. The molecule has 2 N–H and O–H groups in total. The van der Waals surface area contributed by atoms with Crippen molar-refractivity contribution in [3.8, 4) is 17.2 Å². The zero-order valence-corrected chi connectivity index (χ0v) is 18.1. The molecule has 1 heterocycles. The van der Waals surface area contributed by atoms with Crippen LogP contribution in [-0.2, 0) is 9.59 Å². The lowest BCUT2D eigenvalue weighted by Crippen LogP contribution is -2.36. The molecule has 0 aliphatic carbocycles. The first-order chi connectivity index (χ1) is 16.1. The fourth-order valence-electron chi connectivity index (χ4n) is 3.43. The summed E-state index contributed by atoms with van der Waals surface area (Å²) in [5, 5.41) is 5.63. The highest BCUT2D eigenvalue weighted by atomic mass is 16.6. The Hall–Kier alpha value is -4.26. The summed E-state index contributed by atoms with van der Waals surface area (Å²) in [6.45, 7) is 0.895. The zero-order chi connectivity index (χ0) is 23.0. The molecule has 0 fully saturated rings. The third-order valence-electron chi connectivity index (χ3n) is 5.00. The van der Waals surface area contributed by atoms with Gasteiger partial charge < -0.3 is 24.8 Å². The second kappa shape index (κ2) is 10.4. The minimum Gasteiger partial charge on any atom is -0.493 e. The number of methoxy groups -OCH3 is 1. The second-order valence-corrected chi connectivity index (χ2v) is 7.29. The van der Waals surface area contributed by atoms with Crippen molar-refractivity contribution in [1.82, 2.24) is 5.32 Å². The SMILES string of the molecule is COc1cc(C=CC(=O)NC(C(=O)Nc2ccccc2)c2ccccc2)cc2c1OCCO2. The van der Waals surface area contributed by atoms with Gasteiger partial charge in [-0.25, -0.2) is 0 Å². The van der Waals surface area contributed by atoms with Crippen LogP contribution in [0.3, 0.4) is 0 Å². The van der Waals surface area contributed by atoms with Gasteiger partial charge in [-0.2, -0.15) is 0 Å². The molecule has 0 radical (unpaired) electrons. The Morgan fingerprint density at radius 1 is 0.970 bits per heavy atom. The average molecular weight is 444 g/mol. The van der Waals surface area contributed by atoms with Gasteiger partial charge in [0.05, 0.1) is 7.11 Å². The van der Waals surface area contributed by atoms with Gasteiger partial charge in [0.25, 0.3) is 5.91 Å². The molecule has 2 amide bonds. The molecule has 0 saturated heterocycles. The fraction of sp³-hybridized carbons (Fsp3) is 0.154. The van der Waals surface area contributed by atoms with Crippen molar-refractivity contribution < 1.29 is 23.8 Å². The normalized spacial score (nSPS) is 13.2. The number of para-hydroxylation sites is 1. The van der Waals surface area contributed by atoms with Gasteiger partial charge in [0.15, 0.2) is 11.5 Å². The minimum atomic E-state index is -0.863. The first-order valence-corrected chi connectivity index (χ1v) is 10.5. The van der Waals surface area contributed by atoms with E-state index in [-0.39, 0.29) is 5.91 Å². The standard InChI is InChI=1S/C26H24N2O5/c1-31-21-16-18(17-22-25(21)33-15-14-32-22)12-13-23(29)28-24(19-8-4-2-5-9-19)26(30)27-20-10-6-3-7-11-20/h2-13,16-17,24H,14-15H2,1H3,(H,27,30)(H,28,29). The van der Waals surface area contributed by atoms with E-state index in [2.05, 4.69) is 10.6 Å². The number of carbonyl (C=O) groups is 2. The number of ether oxygens (including phenoxy) is 3. The molecule has 3 aromatic rings. The third kappa shape index (κ3) is 5.51. The molecule has 4 rings (SSSR count). The van der Waals surface area contributed by atoms with E-state index < -0.39 is 11.9 Å². The van der Waals surface area contributed by atoms with Gasteiger partial charge in [0.1, 0.15) is 19.3 Å². The second-order valence-electron chi connectivity index (χ2n) is 7.29. The van der Waals surface area contributed by atoms with Crippen molar-refractivity contribution in [2.45, 2.75) is 6.04 Å². The van der Waals surface area contributed by atoms with Crippen LogP contribution < -0.4 is 24.8 Å². The third-order valence-corrected chi connectivity index (χ3v) is 5.00. The van der Waals surface area contributed by atoms with Crippen LogP contribution in [0.5, 0.6) is 17.2 Å². The van der Waals surface area contributed by atoms with Gasteiger partial charge in [0, 0.05) is 11.8 Å². The van der Waals surface area contributed by atoms with Crippen LogP contribution in [0.25, 0.3) is 6.08 Å². The van der Waals surface area contributed by atoms with E-state index >= 15 is 0 Å². The molecule has 1 unspecified atom stereocenters. The summed E-state index contributed by atoms with van der Waals surface area (Å²) in [4.78, 5) is 25.7. The van der Waals surface area contributed by atoms with E-state index in [9.17, 15) is 9.59 Å². The molecule has 0 spiro atoms. The monoisotopic (exact) mass is 444 g/mol. The summed E-state index contributed by atoms with van der Waals surface area (Å²) in [6.07, 6.45) is 3.00. The number of benzene rings is 3. The predicted octanol–water partition coefficient (Wildman–Crippen LogP) is 3.98. The van der Waals surface area contributed by atoms with E-state index in [0.29, 0.717) is 47.3 Å². The summed E-state index contributed by atoms with van der Waals surface area (Å²) < 4.78 is 16.6. The van der Waals surface area contributed by atoms with Crippen LogP contribution in [0.15, 0.2) is 78.9 Å². The Kier molecular flexibility index (Phi) is 6.90. The number of anilines is 1. The molecule has 0 saturated carbocycles. The molecule has 1 atom stereocenters. The van der Waals surface area contributed by atoms with Gasteiger partial charge in [-0.3, -0.25) is 9.59 Å². The smallest absolute Gasteiger partial charge is 0.251 e. The number of nitrogens with one attached hydrogen (secondary N) is 2. The summed E-state index contributed by atoms with van der Waals surface area (Å²) >= 11 is 0. The summed E-state index contributed by atoms with van der Waals surface area (Å²) in [5.41, 5.74) is 2.03. The van der Waals surface area contributed by atoms with Crippen molar-refractivity contribution >= 4 is 23.6 Å². The molecule has 33 heavy (non-hydrogen) atoms. The highest BCUT2D eigenvalue weighted by molar-refractivity contribution is 6.00. The van der Waals surface area contributed by atoms with Crippen LogP contribution >= 0.6 is 0 Å². The molecule has 7 nitrogen and oxygen atoms in total. The summed E-state index contributed by atoms with van der Waals surface area (Å²) in [5.74, 6) is 0.880. The highest BCUT2D eigenvalue weighted by Gasteiger charge is 2.22. The number of hydrogen-bond acceptors (Lipinski definition) is 5. The Morgan fingerprint density at radius 2 is 1.67 bits per heavy atom. The Labute approximate surface area is 192 Å². The number of amides is 2. The topological polar surface area (TPSA) is 85.9 Å². The molecule has 7 heteroatoms. The number of rotatable bonds is 7. The fourth-order valence-corrected chi connectivity index (χ4v) is 3.43. The Balaban J connectivity index is 1.51. The molecule has 0 bridgehead atoms. The first kappa shape index (κ1) is 22.0. The maximum atomic E-state index is 13.0. The lowest BCUT2D eigenvalue weighted by atomic mass is 10.1. The van der Waals surface area contributed by atoms with Crippen molar-refractivity contribution in [3.63, 3.8) is 0 Å². The highest BCUT2D eigenvalue weighted by Crippen LogP contribution is 2.40. The maximum absolute atomic E-state index is 13.0. The molecular weight excluding hydrogens is 420 g/mol. The van der Waals surface area contributed by atoms with E-state index in [1.54, 1.807) is 49.6 Å². The lowest BCUT2D eigenvalue weighted by molar-refractivity contribution is -0.123. The lowest BCUT2D eigenvalue weighted by Gasteiger charge is -2.21. The van der Waals surface area contributed by atoms with Crippen molar-refractivity contribution in [1.29, 1.82) is 0 Å². The van der Waals surface area contributed by atoms with Crippen molar-refractivity contribution in [3.05, 3.63) is 90.0 Å². The zero-order valence-electron chi connectivity index (χ0n) is 18.1. The average Bonchev–Trinajstić information content (AvgIpc) is 2.86. The molecule has 1 aliphatic heterocycles. The first-order valence-electron chi connectivity index (χ1n) is 10.5. The molecule has 3 aromatic carbocycles. The minimum absolute atomic E-state index is 0.338. The van der Waals surface area contributed by atoms with Crippen LogP contribution in [-0.4, -0.2) is 32.1 Å². The van der Waals surface area contributed by atoms with Crippen LogP contribution in [0.1, 0.15) is 17.2 Å². The molecule has 0 aromatic heterocycles. The van der Waals surface area contributed by atoms with Crippen LogP contribution in [0.4, 0.5) is 5.69 Å². The quantitative estimate of drug-likeness (QED) is 0.539. The molecule has 168 valence electrons. The Morgan fingerprint density at radius 3 is 2.39 bits per heavy atom. The number of fused-ring (bicyclic) bond motifs is 1. The molecule has 1 aliphatic rings. The van der Waals surface area contributed by atoms with Crippen LogP contribution in [0, 0.1) is 0 Å². The van der Waals surface area contributed by atoms with E-state index in [0.717, 1.165) is 0 Å². The van der Waals surface area contributed by atoms with Crippen LogP contribution in [0.2, 0.25) is 0 Å². The number of carbonyl (C=O) groups excluding carboxylic acids is 2. The molecular formula is C26H24N2O5. The summed E-state index contributed by atoms with van der Waals surface area (Å²) in [6, 6.07) is 20.9. The van der Waals surface area contributed by atoms with Gasteiger partial charge in [-0.1, -0.05) is 48.5 Å². The van der Waals surface area contributed by atoms with Gasteiger partial charge in [0.2, 0.25) is 11.7 Å². The summed E-state index contributed by atoms with van der Waals surface area (Å²) in [7, 11) is 1.55. The van der Waals surface area contributed by atoms with Gasteiger partial charge >= 0.3 is 0 Å². The van der Waals surface area contributed by atoms with Gasteiger partial charge in [-0.05, 0) is 41.5 Å². The largest absolute Gasteiger partial charge is 0.493 e. The maximum Gasteiger partial charge on any atom is 0.251 e.